The first-order valence-electron chi connectivity index (χ1n) is 9.86. The predicted molar refractivity (Wildman–Crippen MR) is 117 cm³/mol. The first-order chi connectivity index (χ1) is 13.9. The molecule has 1 atom stereocenters. The molecule has 0 radical (unpaired) electrons. The molecular formula is C24H27N3O2. The summed E-state index contributed by atoms with van der Waals surface area (Å²) in [5.74, 6) is -0.123. The van der Waals surface area contributed by atoms with E-state index in [4.69, 9.17) is 0 Å². The maximum absolute atomic E-state index is 12.7. The lowest BCUT2D eigenvalue weighted by Crippen LogP contribution is -2.39. The molecule has 0 heterocycles. The van der Waals surface area contributed by atoms with Gasteiger partial charge in [0.2, 0.25) is 0 Å². The summed E-state index contributed by atoms with van der Waals surface area (Å²) in [7, 11) is 0. The highest BCUT2D eigenvalue weighted by molar-refractivity contribution is 5.95. The van der Waals surface area contributed by atoms with Gasteiger partial charge in [-0.1, -0.05) is 54.6 Å². The normalized spacial score (nSPS) is 11.9. The SMILES string of the molecule is CC(C)NC(=O)NCc1ccc(C(=O)NC(C)c2cccc3ccccc23)cc1. The van der Waals surface area contributed by atoms with Gasteiger partial charge in [-0.3, -0.25) is 4.79 Å². The van der Waals surface area contributed by atoms with Crippen LogP contribution in [0.3, 0.4) is 0 Å². The fourth-order valence-electron chi connectivity index (χ4n) is 3.26. The molecule has 0 saturated heterocycles. The van der Waals surface area contributed by atoms with E-state index < -0.39 is 0 Å². The highest BCUT2D eigenvalue weighted by atomic mass is 16.2. The van der Waals surface area contributed by atoms with Crippen molar-refractivity contribution in [3.8, 4) is 0 Å². The average molecular weight is 389 g/mol. The zero-order valence-electron chi connectivity index (χ0n) is 17.0. The largest absolute Gasteiger partial charge is 0.345 e. The van der Waals surface area contributed by atoms with Gasteiger partial charge in [0.15, 0.2) is 0 Å². The number of urea groups is 1. The average Bonchev–Trinajstić information content (AvgIpc) is 2.71. The third-order valence-corrected chi connectivity index (χ3v) is 4.73. The minimum Gasteiger partial charge on any atom is -0.345 e. The minimum absolute atomic E-state index is 0.0878. The van der Waals surface area contributed by atoms with Gasteiger partial charge in [-0.2, -0.15) is 0 Å². The molecular weight excluding hydrogens is 362 g/mol. The van der Waals surface area contributed by atoms with Crippen LogP contribution < -0.4 is 16.0 Å². The summed E-state index contributed by atoms with van der Waals surface area (Å²) in [5, 5.41) is 11.0. The van der Waals surface area contributed by atoms with Crippen LogP contribution in [0, 0.1) is 0 Å². The summed E-state index contributed by atoms with van der Waals surface area (Å²) >= 11 is 0. The number of hydrogen-bond acceptors (Lipinski definition) is 2. The van der Waals surface area contributed by atoms with Gasteiger partial charge < -0.3 is 16.0 Å². The Kier molecular flexibility index (Phi) is 6.50. The van der Waals surface area contributed by atoms with Crippen LogP contribution in [0.5, 0.6) is 0 Å². The molecule has 3 amide bonds. The van der Waals surface area contributed by atoms with Crippen LogP contribution in [-0.4, -0.2) is 18.0 Å². The Morgan fingerprint density at radius 3 is 2.24 bits per heavy atom. The van der Waals surface area contributed by atoms with Crippen molar-refractivity contribution in [1.82, 2.24) is 16.0 Å². The van der Waals surface area contributed by atoms with Crippen molar-refractivity contribution in [3.63, 3.8) is 0 Å². The smallest absolute Gasteiger partial charge is 0.315 e. The van der Waals surface area contributed by atoms with E-state index in [0.29, 0.717) is 12.1 Å². The Labute approximate surface area is 171 Å². The number of benzene rings is 3. The standard InChI is InChI=1S/C24H27N3O2/c1-16(2)26-24(29)25-15-18-11-13-20(14-12-18)23(28)27-17(3)21-10-6-8-19-7-4-5-9-22(19)21/h4-14,16-17H,15H2,1-3H3,(H,27,28)(H2,25,26,29). The molecule has 29 heavy (non-hydrogen) atoms. The van der Waals surface area contributed by atoms with E-state index in [0.717, 1.165) is 21.9 Å². The molecule has 0 aliphatic heterocycles. The van der Waals surface area contributed by atoms with Crippen LogP contribution in [0.15, 0.2) is 66.7 Å². The third-order valence-electron chi connectivity index (χ3n) is 4.73. The highest BCUT2D eigenvalue weighted by Gasteiger charge is 2.13. The summed E-state index contributed by atoms with van der Waals surface area (Å²) in [5.41, 5.74) is 2.61. The lowest BCUT2D eigenvalue weighted by molar-refractivity contribution is 0.0940. The van der Waals surface area contributed by atoms with Crippen molar-refractivity contribution in [2.75, 3.05) is 0 Å². The second-order valence-electron chi connectivity index (χ2n) is 7.44. The number of nitrogens with one attached hydrogen (secondary N) is 3. The quantitative estimate of drug-likeness (QED) is 0.579. The second-order valence-corrected chi connectivity index (χ2v) is 7.44. The van der Waals surface area contributed by atoms with Gasteiger partial charge in [0.05, 0.1) is 6.04 Å². The highest BCUT2D eigenvalue weighted by Crippen LogP contribution is 2.24. The lowest BCUT2D eigenvalue weighted by Gasteiger charge is -2.17. The molecule has 0 saturated carbocycles. The lowest BCUT2D eigenvalue weighted by atomic mass is 9.99. The molecule has 1 unspecified atom stereocenters. The number of amides is 3. The molecule has 3 rings (SSSR count). The Bertz CT molecular complexity index is 991. The molecule has 3 aromatic rings. The fourth-order valence-corrected chi connectivity index (χ4v) is 3.26. The van der Waals surface area contributed by atoms with Crippen LogP contribution in [0.25, 0.3) is 10.8 Å². The van der Waals surface area contributed by atoms with Crippen LogP contribution in [-0.2, 0) is 6.54 Å². The molecule has 3 aromatic carbocycles. The molecule has 0 aliphatic carbocycles. The number of hydrogen-bond donors (Lipinski definition) is 3. The van der Waals surface area contributed by atoms with Gasteiger partial charge in [-0.25, -0.2) is 4.79 Å². The van der Waals surface area contributed by atoms with Gasteiger partial charge in [0, 0.05) is 18.2 Å². The van der Waals surface area contributed by atoms with E-state index >= 15 is 0 Å². The summed E-state index contributed by atoms with van der Waals surface area (Å²) in [4.78, 5) is 24.3. The first-order valence-corrected chi connectivity index (χ1v) is 9.86. The number of carbonyl (C=O) groups is 2. The van der Waals surface area contributed by atoms with E-state index in [2.05, 4.69) is 34.1 Å². The van der Waals surface area contributed by atoms with Crippen LogP contribution in [0.2, 0.25) is 0 Å². The van der Waals surface area contributed by atoms with E-state index in [1.807, 2.05) is 57.2 Å². The monoisotopic (exact) mass is 389 g/mol. The van der Waals surface area contributed by atoms with Crippen LogP contribution in [0.4, 0.5) is 4.79 Å². The van der Waals surface area contributed by atoms with Crippen LogP contribution >= 0.6 is 0 Å². The topological polar surface area (TPSA) is 70.2 Å². The molecule has 0 spiro atoms. The summed E-state index contributed by atoms with van der Waals surface area (Å²) < 4.78 is 0. The van der Waals surface area contributed by atoms with Gasteiger partial charge in [0.1, 0.15) is 0 Å². The number of fused-ring (bicyclic) bond motifs is 1. The third kappa shape index (κ3) is 5.35. The summed E-state index contributed by atoms with van der Waals surface area (Å²) in [6, 6.07) is 21.3. The van der Waals surface area contributed by atoms with Crippen molar-refractivity contribution < 1.29 is 9.59 Å². The van der Waals surface area contributed by atoms with Crippen LogP contribution in [0.1, 0.15) is 48.3 Å². The van der Waals surface area contributed by atoms with Gasteiger partial charge in [-0.05, 0) is 54.8 Å². The molecule has 0 bridgehead atoms. The molecule has 3 N–H and O–H groups in total. The maximum Gasteiger partial charge on any atom is 0.315 e. The van der Waals surface area contributed by atoms with E-state index in [1.54, 1.807) is 12.1 Å². The molecule has 0 aliphatic rings. The first kappa shape index (κ1) is 20.4. The second kappa shape index (κ2) is 9.24. The van der Waals surface area contributed by atoms with E-state index in [9.17, 15) is 9.59 Å². The van der Waals surface area contributed by atoms with Crippen molar-refractivity contribution in [2.24, 2.45) is 0 Å². The molecule has 0 fully saturated rings. The van der Waals surface area contributed by atoms with E-state index in [1.165, 1.54) is 0 Å². The molecule has 150 valence electrons. The minimum atomic E-state index is -0.203. The molecule has 5 heteroatoms. The Morgan fingerprint density at radius 1 is 0.828 bits per heavy atom. The zero-order valence-corrected chi connectivity index (χ0v) is 17.0. The Balaban J connectivity index is 1.62. The maximum atomic E-state index is 12.7. The van der Waals surface area contributed by atoms with Crippen molar-refractivity contribution in [1.29, 1.82) is 0 Å². The van der Waals surface area contributed by atoms with Gasteiger partial charge >= 0.3 is 6.03 Å². The van der Waals surface area contributed by atoms with Crippen molar-refractivity contribution >= 4 is 22.7 Å². The Hall–Kier alpha value is -3.34. The van der Waals surface area contributed by atoms with Crippen molar-refractivity contribution in [2.45, 2.75) is 39.4 Å². The van der Waals surface area contributed by atoms with E-state index in [-0.39, 0.29) is 24.0 Å². The Morgan fingerprint density at radius 2 is 1.52 bits per heavy atom. The van der Waals surface area contributed by atoms with Gasteiger partial charge in [-0.15, -0.1) is 0 Å². The van der Waals surface area contributed by atoms with Gasteiger partial charge in [0.25, 0.3) is 5.91 Å². The predicted octanol–water partition coefficient (Wildman–Crippen LogP) is 4.54. The fraction of sp³-hybridized carbons (Fsp3) is 0.250. The van der Waals surface area contributed by atoms with Crippen molar-refractivity contribution in [3.05, 3.63) is 83.4 Å². The number of rotatable bonds is 6. The summed E-state index contributed by atoms with van der Waals surface area (Å²) in [6.07, 6.45) is 0. The zero-order chi connectivity index (χ0) is 20.8. The molecule has 0 aromatic heterocycles. The molecule has 5 nitrogen and oxygen atoms in total. The number of carbonyl (C=O) groups excluding carboxylic acids is 2. The summed E-state index contributed by atoms with van der Waals surface area (Å²) in [6.45, 7) is 6.22.